The smallest absolute Gasteiger partial charge is 0.332 e. The van der Waals surface area contributed by atoms with Crippen molar-refractivity contribution in [3.63, 3.8) is 0 Å². The number of benzene rings is 1. The second-order valence-electron chi connectivity index (χ2n) is 4.00. The van der Waals surface area contributed by atoms with Gasteiger partial charge in [-0.05, 0) is 25.3 Å². The summed E-state index contributed by atoms with van der Waals surface area (Å²) in [6, 6.07) is 10.1. The minimum absolute atomic E-state index is 0.0276. The van der Waals surface area contributed by atoms with Crippen LogP contribution >= 0.6 is 0 Å². The summed E-state index contributed by atoms with van der Waals surface area (Å²) in [5, 5.41) is 0. The van der Waals surface area contributed by atoms with E-state index in [1.807, 2.05) is 44.2 Å². The molecule has 94 valence electrons. The number of esters is 1. The van der Waals surface area contributed by atoms with Crippen molar-refractivity contribution in [3.8, 4) is 0 Å². The molecule has 17 heavy (non-hydrogen) atoms. The van der Waals surface area contributed by atoms with Crippen LogP contribution in [-0.2, 0) is 20.7 Å². The lowest BCUT2D eigenvalue weighted by molar-refractivity contribution is -0.153. The minimum Gasteiger partial charge on any atom is -0.461 e. The highest BCUT2D eigenvalue weighted by molar-refractivity contribution is 5.70. The second-order valence-corrected chi connectivity index (χ2v) is 4.00. The van der Waals surface area contributed by atoms with Crippen LogP contribution in [-0.4, -0.2) is 25.3 Å². The molecule has 0 radical (unpaired) electrons. The molecule has 0 aromatic heterocycles. The lowest BCUT2D eigenvalue weighted by atomic mass is 10.2. The fourth-order valence-electron chi connectivity index (χ4n) is 1.33. The Morgan fingerprint density at radius 3 is 2.65 bits per heavy atom. The molecule has 1 atom stereocenters. The molecule has 1 rings (SSSR count). The zero-order chi connectivity index (χ0) is 12.5. The van der Waals surface area contributed by atoms with Crippen LogP contribution < -0.4 is 0 Å². The van der Waals surface area contributed by atoms with E-state index in [0.717, 1.165) is 12.8 Å². The van der Waals surface area contributed by atoms with Gasteiger partial charge in [-0.25, -0.2) is 4.79 Å². The van der Waals surface area contributed by atoms with Gasteiger partial charge in [-0.15, -0.1) is 0 Å². The Labute approximate surface area is 103 Å². The van der Waals surface area contributed by atoms with E-state index in [1.165, 1.54) is 5.56 Å². The van der Waals surface area contributed by atoms with Crippen LogP contribution in [0.1, 0.15) is 25.8 Å². The van der Waals surface area contributed by atoms with Crippen molar-refractivity contribution in [2.75, 3.05) is 13.2 Å². The van der Waals surface area contributed by atoms with Gasteiger partial charge in [0, 0.05) is 0 Å². The Hall–Kier alpha value is -1.35. The maximum atomic E-state index is 11.3. The molecule has 0 amide bonds. The zero-order valence-electron chi connectivity index (χ0n) is 10.5. The van der Waals surface area contributed by atoms with Crippen molar-refractivity contribution in [2.24, 2.45) is 0 Å². The van der Waals surface area contributed by atoms with Crippen molar-refractivity contribution in [3.05, 3.63) is 35.9 Å². The molecule has 0 saturated carbocycles. The lowest BCUT2D eigenvalue weighted by Crippen LogP contribution is -2.19. The fraction of sp³-hybridized carbons (Fsp3) is 0.500. The maximum Gasteiger partial charge on any atom is 0.332 e. The molecular formula is C14H20O3. The van der Waals surface area contributed by atoms with E-state index in [0.29, 0.717) is 6.61 Å². The summed E-state index contributed by atoms with van der Waals surface area (Å²) in [6.45, 7) is 4.44. The number of carbonyl (C=O) groups is 1. The standard InChI is InChI=1S/C14H20O3/c1-3-12(2)17-14(15)11-16-10-9-13-7-5-4-6-8-13/h4-8,12H,3,9-11H2,1-2H3. The first-order valence-corrected chi connectivity index (χ1v) is 6.03. The Morgan fingerprint density at radius 1 is 1.29 bits per heavy atom. The van der Waals surface area contributed by atoms with Gasteiger partial charge < -0.3 is 9.47 Å². The summed E-state index contributed by atoms with van der Waals surface area (Å²) < 4.78 is 10.4. The molecule has 0 N–H and O–H groups in total. The van der Waals surface area contributed by atoms with E-state index in [9.17, 15) is 4.79 Å². The van der Waals surface area contributed by atoms with Crippen molar-refractivity contribution < 1.29 is 14.3 Å². The molecule has 0 bridgehead atoms. The van der Waals surface area contributed by atoms with E-state index in [4.69, 9.17) is 9.47 Å². The van der Waals surface area contributed by atoms with Gasteiger partial charge >= 0.3 is 5.97 Å². The SMILES string of the molecule is CCC(C)OC(=O)COCCc1ccccc1. The zero-order valence-corrected chi connectivity index (χ0v) is 10.5. The second kappa shape index (κ2) is 7.85. The highest BCUT2D eigenvalue weighted by Crippen LogP contribution is 2.00. The molecule has 0 aliphatic carbocycles. The number of hydrogen-bond donors (Lipinski definition) is 0. The third kappa shape index (κ3) is 6.07. The first-order chi connectivity index (χ1) is 8.22. The van der Waals surface area contributed by atoms with Gasteiger partial charge in [0.1, 0.15) is 6.61 Å². The van der Waals surface area contributed by atoms with Gasteiger partial charge in [-0.3, -0.25) is 0 Å². The largest absolute Gasteiger partial charge is 0.461 e. The predicted molar refractivity (Wildman–Crippen MR) is 66.8 cm³/mol. The summed E-state index contributed by atoms with van der Waals surface area (Å²) in [5.41, 5.74) is 1.21. The van der Waals surface area contributed by atoms with Crippen LogP contribution in [0.15, 0.2) is 30.3 Å². The van der Waals surface area contributed by atoms with Gasteiger partial charge in [0.2, 0.25) is 0 Å². The summed E-state index contributed by atoms with van der Waals surface area (Å²) in [5.74, 6) is -0.285. The third-order valence-electron chi connectivity index (χ3n) is 2.51. The molecule has 0 heterocycles. The van der Waals surface area contributed by atoms with Gasteiger partial charge in [0.15, 0.2) is 0 Å². The van der Waals surface area contributed by atoms with Crippen LogP contribution in [0, 0.1) is 0 Å². The summed E-state index contributed by atoms with van der Waals surface area (Å²) >= 11 is 0. The number of ether oxygens (including phenoxy) is 2. The van der Waals surface area contributed by atoms with Crippen LogP contribution in [0.5, 0.6) is 0 Å². The molecule has 0 saturated heterocycles. The van der Waals surface area contributed by atoms with Crippen molar-refractivity contribution in [1.29, 1.82) is 0 Å². The normalized spacial score (nSPS) is 12.1. The molecular weight excluding hydrogens is 216 g/mol. The van der Waals surface area contributed by atoms with E-state index >= 15 is 0 Å². The first-order valence-electron chi connectivity index (χ1n) is 6.03. The molecule has 0 fully saturated rings. The van der Waals surface area contributed by atoms with Gasteiger partial charge in [-0.2, -0.15) is 0 Å². The summed E-state index contributed by atoms with van der Waals surface area (Å²) in [6.07, 6.45) is 1.62. The van der Waals surface area contributed by atoms with Gasteiger partial charge in [0.05, 0.1) is 12.7 Å². The monoisotopic (exact) mass is 236 g/mol. The molecule has 0 aliphatic heterocycles. The Morgan fingerprint density at radius 2 is 2.00 bits per heavy atom. The van der Waals surface area contributed by atoms with Crippen molar-refractivity contribution >= 4 is 5.97 Å². The van der Waals surface area contributed by atoms with E-state index in [1.54, 1.807) is 0 Å². The van der Waals surface area contributed by atoms with Crippen LogP contribution in [0.25, 0.3) is 0 Å². The average Bonchev–Trinajstić information content (AvgIpc) is 2.36. The van der Waals surface area contributed by atoms with E-state index < -0.39 is 0 Å². The molecule has 3 heteroatoms. The Kier molecular flexibility index (Phi) is 6.33. The van der Waals surface area contributed by atoms with Crippen molar-refractivity contribution in [1.82, 2.24) is 0 Å². The van der Waals surface area contributed by atoms with Crippen LogP contribution in [0.3, 0.4) is 0 Å². The Bertz CT molecular complexity index is 321. The fourth-order valence-corrected chi connectivity index (χ4v) is 1.33. The minimum atomic E-state index is -0.285. The molecule has 1 unspecified atom stereocenters. The number of rotatable bonds is 7. The maximum absolute atomic E-state index is 11.3. The summed E-state index contributed by atoms with van der Waals surface area (Å²) in [7, 11) is 0. The van der Waals surface area contributed by atoms with Crippen LogP contribution in [0.2, 0.25) is 0 Å². The van der Waals surface area contributed by atoms with Crippen LogP contribution in [0.4, 0.5) is 0 Å². The number of hydrogen-bond acceptors (Lipinski definition) is 3. The molecule has 3 nitrogen and oxygen atoms in total. The quantitative estimate of drug-likeness (QED) is 0.539. The third-order valence-corrected chi connectivity index (χ3v) is 2.51. The highest BCUT2D eigenvalue weighted by atomic mass is 16.6. The van der Waals surface area contributed by atoms with Crippen molar-refractivity contribution in [2.45, 2.75) is 32.8 Å². The van der Waals surface area contributed by atoms with Gasteiger partial charge in [-0.1, -0.05) is 37.3 Å². The molecule has 0 spiro atoms. The molecule has 1 aromatic rings. The predicted octanol–water partition coefficient (Wildman–Crippen LogP) is 2.59. The highest BCUT2D eigenvalue weighted by Gasteiger charge is 2.07. The van der Waals surface area contributed by atoms with Gasteiger partial charge in [0.25, 0.3) is 0 Å². The summed E-state index contributed by atoms with van der Waals surface area (Å²) in [4.78, 5) is 11.3. The first kappa shape index (κ1) is 13.7. The molecule has 1 aromatic carbocycles. The number of carbonyl (C=O) groups excluding carboxylic acids is 1. The lowest BCUT2D eigenvalue weighted by Gasteiger charge is -2.10. The average molecular weight is 236 g/mol. The topological polar surface area (TPSA) is 35.5 Å². The van der Waals surface area contributed by atoms with E-state index in [2.05, 4.69) is 0 Å². The van der Waals surface area contributed by atoms with E-state index in [-0.39, 0.29) is 18.7 Å². The Balaban J connectivity index is 2.10. The molecule has 0 aliphatic rings.